The number of nitrogens with one attached hydrogen (secondary N) is 1. The van der Waals surface area contributed by atoms with E-state index in [1.54, 1.807) is 35.9 Å². The van der Waals surface area contributed by atoms with Crippen LogP contribution in [0, 0.1) is 0 Å². The minimum Gasteiger partial charge on any atom is -0.497 e. The fourth-order valence-corrected chi connectivity index (χ4v) is 4.08. The zero-order valence-corrected chi connectivity index (χ0v) is 18.9. The Morgan fingerprint density at radius 2 is 1.64 bits per heavy atom. The molecule has 0 aliphatic heterocycles. The first kappa shape index (κ1) is 22.5. The summed E-state index contributed by atoms with van der Waals surface area (Å²) in [4.78, 5) is 0.152. The van der Waals surface area contributed by atoms with E-state index in [0.717, 1.165) is 11.3 Å². The molecule has 0 amide bonds. The molecule has 2 aromatic heterocycles. The lowest BCUT2D eigenvalue weighted by molar-refractivity contribution is 0.306. The molecule has 11 heteroatoms. The third kappa shape index (κ3) is 5.21. The molecule has 0 unspecified atom stereocenters. The Bertz CT molecular complexity index is 1320. The van der Waals surface area contributed by atoms with Gasteiger partial charge in [0.25, 0.3) is 0 Å². The van der Waals surface area contributed by atoms with Crippen molar-refractivity contribution < 1.29 is 22.6 Å². The molecule has 10 nitrogen and oxygen atoms in total. The van der Waals surface area contributed by atoms with Crippen LogP contribution in [0.15, 0.2) is 65.6 Å². The topological polar surface area (TPSA) is 117 Å². The molecule has 0 saturated heterocycles. The van der Waals surface area contributed by atoms with E-state index >= 15 is 0 Å². The number of ether oxygens (including phenoxy) is 3. The van der Waals surface area contributed by atoms with Crippen LogP contribution in [0.25, 0.3) is 17.0 Å². The molecule has 2 heterocycles. The molecule has 33 heavy (non-hydrogen) atoms. The van der Waals surface area contributed by atoms with Crippen molar-refractivity contribution in [2.45, 2.75) is 11.8 Å². The van der Waals surface area contributed by atoms with Gasteiger partial charge in [0.15, 0.2) is 11.5 Å². The van der Waals surface area contributed by atoms with Crippen molar-refractivity contribution in [2.24, 2.45) is 0 Å². The SMILES string of the molecule is CCOc1ccc(S(=O)(=O)NCCOc2ccc3nnc(-c4ccc(OC)cc4)n3n2)cc1. The summed E-state index contributed by atoms with van der Waals surface area (Å²) in [5.41, 5.74) is 1.38. The van der Waals surface area contributed by atoms with Crippen molar-refractivity contribution in [1.29, 1.82) is 0 Å². The Labute approximate surface area is 191 Å². The van der Waals surface area contributed by atoms with E-state index < -0.39 is 10.0 Å². The molecular formula is C22H23N5O5S. The van der Waals surface area contributed by atoms with Crippen LogP contribution in [0.2, 0.25) is 0 Å². The Morgan fingerprint density at radius 1 is 0.909 bits per heavy atom. The Morgan fingerprint density at radius 3 is 2.33 bits per heavy atom. The Kier molecular flexibility index (Phi) is 6.71. The highest BCUT2D eigenvalue weighted by Crippen LogP contribution is 2.22. The monoisotopic (exact) mass is 469 g/mol. The van der Waals surface area contributed by atoms with Gasteiger partial charge in [-0.25, -0.2) is 13.1 Å². The molecule has 0 bridgehead atoms. The largest absolute Gasteiger partial charge is 0.497 e. The summed E-state index contributed by atoms with van der Waals surface area (Å²) in [5.74, 6) is 2.22. The van der Waals surface area contributed by atoms with Gasteiger partial charge in [-0.05, 0) is 61.5 Å². The molecule has 4 rings (SSSR count). The number of benzene rings is 2. The van der Waals surface area contributed by atoms with Crippen molar-refractivity contribution in [1.82, 2.24) is 24.5 Å². The second kappa shape index (κ2) is 9.84. The fraction of sp³-hybridized carbons (Fsp3) is 0.227. The number of aromatic nitrogens is 4. The highest BCUT2D eigenvalue weighted by molar-refractivity contribution is 7.89. The molecule has 0 aliphatic carbocycles. The number of nitrogens with zero attached hydrogens (tertiary/aromatic N) is 4. The van der Waals surface area contributed by atoms with Crippen molar-refractivity contribution in [2.75, 3.05) is 26.9 Å². The van der Waals surface area contributed by atoms with Crippen LogP contribution in [-0.4, -0.2) is 55.1 Å². The van der Waals surface area contributed by atoms with Gasteiger partial charge in [-0.2, -0.15) is 4.52 Å². The molecule has 4 aromatic rings. The fourth-order valence-electron chi connectivity index (χ4n) is 3.07. The van der Waals surface area contributed by atoms with Gasteiger partial charge in [0.05, 0.1) is 18.6 Å². The van der Waals surface area contributed by atoms with Crippen LogP contribution in [0.3, 0.4) is 0 Å². The molecular weight excluding hydrogens is 446 g/mol. The van der Waals surface area contributed by atoms with Crippen LogP contribution in [-0.2, 0) is 10.0 Å². The van der Waals surface area contributed by atoms with E-state index in [-0.39, 0.29) is 18.0 Å². The maximum Gasteiger partial charge on any atom is 0.240 e. The highest BCUT2D eigenvalue weighted by Gasteiger charge is 2.14. The average Bonchev–Trinajstić information content (AvgIpc) is 3.26. The summed E-state index contributed by atoms with van der Waals surface area (Å²) >= 11 is 0. The van der Waals surface area contributed by atoms with Crippen LogP contribution in [0.1, 0.15) is 6.92 Å². The quantitative estimate of drug-likeness (QED) is 0.352. The minimum atomic E-state index is -3.66. The van der Waals surface area contributed by atoms with Gasteiger partial charge in [0, 0.05) is 18.2 Å². The summed E-state index contributed by atoms with van der Waals surface area (Å²) in [7, 11) is -2.06. The van der Waals surface area contributed by atoms with Crippen molar-refractivity contribution in [3.63, 3.8) is 0 Å². The number of rotatable bonds is 10. The zero-order chi connectivity index (χ0) is 23.3. The lowest BCUT2D eigenvalue weighted by atomic mass is 10.2. The summed E-state index contributed by atoms with van der Waals surface area (Å²) in [6.07, 6.45) is 0. The predicted octanol–water partition coefficient (Wildman–Crippen LogP) is 2.56. The maximum absolute atomic E-state index is 12.4. The Balaban J connectivity index is 1.39. The van der Waals surface area contributed by atoms with Crippen LogP contribution < -0.4 is 18.9 Å². The van der Waals surface area contributed by atoms with Crippen LogP contribution in [0.5, 0.6) is 17.4 Å². The average molecular weight is 470 g/mol. The number of methoxy groups -OCH3 is 1. The minimum absolute atomic E-state index is 0.0722. The smallest absolute Gasteiger partial charge is 0.240 e. The second-order valence-electron chi connectivity index (χ2n) is 6.84. The molecule has 0 fully saturated rings. The maximum atomic E-state index is 12.4. The standard InChI is InChI=1S/C22H23N5O5S/c1-3-31-18-8-10-19(11-9-18)33(28,29)23-14-15-32-21-13-12-20-24-25-22(27(20)26-21)16-4-6-17(30-2)7-5-16/h4-13,23H,3,14-15H2,1-2H3. The second-order valence-corrected chi connectivity index (χ2v) is 8.61. The van der Waals surface area contributed by atoms with Gasteiger partial charge in [0.2, 0.25) is 15.9 Å². The number of sulfonamides is 1. The zero-order valence-electron chi connectivity index (χ0n) is 18.1. The predicted molar refractivity (Wildman–Crippen MR) is 121 cm³/mol. The summed E-state index contributed by atoms with van der Waals surface area (Å²) < 4.78 is 45.1. The van der Waals surface area contributed by atoms with E-state index in [9.17, 15) is 8.42 Å². The molecule has 0 aliphatic rings. The van der Waals surface area contributed by atoms with Crippen LogP contribution in [0.4, 0.5) is 0 Å². The summed E-state index contributed by atoms with van der Waals surface area (Å²) in [6.45, 7) is 2.54. The summed E-state index contributed by atoms with van der Waals surface area (Å²) in [5, 5.41) is 12.7. The van der Waals surface area contributed by atoms with Gasteiger partial charge in [-0.1, -0.05) is 0 Å². The lowest BCUT2D eigenvalue weighted by Gasteiger charge is -2.09. The third-order valence-electron chi connectivity index (χ3n) is 4.68. The number of hydrogen-bond acceptors (Lipinski definition) is 8. The first-order valence-corrected chi connectivity index (χ1v) is 11.7. The normalized spacial score (nSPS) is 11.5. The van der Waals surface area contributed by atoms with Gasteiger partial charge in [-0.3, -0.25) is 0 Å². The first-order valence-electron chi connectivity index (χ1n) is 10.2. The molecule has 0 spiro atoms. The highest BCUT2D eigenvalue weighted by atomic mass is 32.2. The van der Waals surface area contributed by atoms with E-state index in [1.807, 2.05) is 31.2 Å². The Hall–Kier alpha value is -3.70. The van der Waals surface area contributed by atoms with E-state index in [0.29, 0.717) is 29.7 Å². The molecule has 0 saturated carbocycles. The summed E-state index contributed by atoms with van der Waals surface area (Å²) in [6, 6.07) is 17.0. The van der Waals surface area contributed by atoms with Gasteiger partial charge in [-0.15, -0.1) is 15.3 Å². The van der Waals surface area contributed by atoms with Gasteiger partial charge in [0.1, 0.15) is 18.1 Å². The lowest BCUT2D eigenvalue weighted by Crippen LogP contribution is -2.28. The number of fused-ring (bicyclic) bond motifs is 1. The van der Waals surface area contributed by atoms with Crippen molar-refractivity contribution >= 4 is 15.7 Å². The van der Waals surface area contributed by atoms with E-state index in [4.69, 9.17) is 14.2 Å². The van der Waals surface area contributed by atoms with E-state index in [2.05, 4.69) is 20.0 Å². The van der Waals surface area contributed by atoms with Crippen LogP contribution >= 0.6 is 0 Å². The van der Waals surface area contributed by atoms with Crippen molar-refractivity contribution in [3.8, 4) is 28.8 Å². The first-order chi connectivity index (χ1) is 16.0. The van der Waals surface area contributed by atoms with E-state index in [1.165, 1.54) is 12.1 Å². The molecule has 1 N–H and O–H groups in total. The van der Waals surface area contributed by atoms with Gasteiger partial charge >= 0.3 is 0 Å². The molecule has 0 atom stereocenters. The van der Waals surface area contributed by atoms with Crippen molar-refractivity contribution in [3.05, 3.63) is 60.7 Å². The molecule has 2 aromatic carbocycles. The third-order valence-corrected chi connectivity index (χ3v) is 6.15. The van der Waals surface area contributed by atoms with Gasteiger partial charge < -0.3 is 14.2 Å². The number of hydrogen-bond donors (Lipinski definition) is 1. The molecule has 172 valence electrons. The molecule has 0 radical (unpaired) electrons.